The van der Waals surface area contributed by atoms with E-state index in [1.165, 1.54) is 28.6 Å². The van der Waals surface area contributed by atoms with Crippen molar-refractivity contribution >= 4 is 10.9 Å². The number of nitrogens with two attached hydrogens (primary N) is 1. The second-order valence-electron chi connectivity index (χ2n) is 6.31. The zero-order valence-corrected chi connectivity index (χ0v) is 12.8. The lowest BCUT2D eigenvalue weighted by Gasteiger charge is -2.35. The number of piperidine rings is 1. The quantitative estimate of drug-likeness (QED) is 0.911. The van der Waals surface area contributed by atoms with Gasteiger partial charge in [0.05, 0.1) is 0 Å². The van der Waals surface area contributed by atoms with Crippen molar-refractivity contribution in [2.75, 3.05) is 13.1 Å². The summed E-state index contributed by atoms with van der Waals surface area (Å²) in [6, 6.07) is 8.98. The number of likely N-dealkylation sites (tertiary alicyclic amines) is 1. The van der Waals surface area contributed by atoms with Crippen LogP contribution in [0.4, 0.5) is 0 Å². The minimum absolute atomic E-state index is 0.318. The Labute approximate surface area is 121 Å². The first-order chi connectivity index (χ1) is 9.58. The standard InChI is InChI=1S/C17H25N3/c1-12-8-9-20(10-15(12)18)11-17-13(2)14-6-4-5-7-16(14)19(17)3/h4-7,12,15H,8-11,18H2,1-3H3. The van der Waals surface area contributed by atoms with Gasteiger partial charge in [-0.05, 0) is 37.4 Å². The Hall–Kier alpha value is -1.32. The number of aryl methyl sites for hydroxylation is 2. The van der Waals surface area contributed by atoms with E-state index in [-0.39, 0.29) is 0 Å². The number of rotatable bonds is 2. The van der Waals surface area contributed by atoms with Gasteiger partial charge in [0, 0.05) is 42.8 Å². The fourth-order valence-corrected chi connectivity index (χ4v) is 3.39. The maximum atomic E-state index is 6.23. The molecule has 1 saturated heterocycles. The summed E-state index contributed by atoms with van der Waals surface area (Å²) in [5.41, 5.74) is 10.4. The first kappa shape index (κ1) is 13.7. The summed E-state index contributed by atoms with van der Waals surface area (Å²) < 4.78 is 2.34. The lowest BCUT2D eigenvalue weighted by Crippen LogP contribution is -2.47. The molecule has 2 N–H and O–H groups in total. The molecule has 0 saturated carbocycles. The summed E-state index contributed by atoms with van der Waals surface area (Å²) in [4.78, 5) is 2.51. The molecule has 0 spiro atoms. The number of hydrogen-bond acceptors (Lipinski definition) is 2. The number of fused-ring (bicyclic) bond motifs is 1. The zero-order valence-electron chi connectivity index (χ0n) is 12.8. The third-order valence-electron chi connectivity index (χ3n) is 4.98. The predicted molar refractivity (Wildman–Crippen MR) is 84.7 cm³/mol. The molecule has 3 rings (SSSR count). The van der Waals surface area contributed by atoms with Gasteiger partial charge in [0.1, 0.15) is 0 Å². The molecule has 2 atom stereocenters. The minimum Gasteiger partial charge on any atom is -0.346 e. The normalized spacial score (nSPS) is 24.4. The maximum absolute atomic E-state index is 6.23. The lowest BCUT2D eigenvalue weighted by molar-refractivity contribution is 0.159. The molecule has 3 heteroatoms. The van der Waals surface area contributed by atoms with E-state index >= 15 is 0 Å². The van der Waals surface area contributed by atoms with Crippen molar-refractivity contribution in [2.24, 2.45) is 18.7 Å². The van der Waals surface area contributed by atoms with Gasteiger partial charge in [0.2, 0.25) is 0 Å². The van der Waals surface area contributed by atoms with Crippen molar-refractivity contribution < 1.29 is 0 Å². The van der Waals surface area contributed by atoms with Crippen molar-refractivity contribution in [3.8, 4) is 0 Å². The molecule has 2 aromatic rings. The number of para-hydroxylation sites is 1. The highest BCUT2D eigenvalue weighted by Crippen LogP contribution is 2.26. The minimum atomic E-state index is 0.318. The van der Waals surface area contributed by atoms with E-state index in [0.29, 0.717) is 12.0 Å². The summed E-state index contributed by atoms with van der Waals surface area (Å²) in [6.07, 6.45) is 1.21. The maximum Gasteiger partial charge on any atom is 0.0483 e. The van der Waals surface area contributed by atoms with Gasteiger partial charge in [-0.15, -0.1) is 0 Å². The average molecular weight is 271 g/mol. The highest BCUT2D eigenvalue weighted by molar-refractivity contribution is 5.85. The van der Waals surface area contributed by atoms with Crippen LogP contribution in [0.5, 0.6) is 0 Å². The van der Waals surface area contributed by atoms with Gasteiger partial charge in [0.25, 0.3) is 0 Å². The van der Waals surface area contributed by atoms with Crippen LogP contribution in [0.2, 0.25) is 0 Å². The smallest absolute Gasteiger partial charge is 0.0483 e. The largest absolute Gasteiger partial charge is 0.346 e. The Kier molecular flexibility index (Phi) is 3.57. The van der Waals surface area contributed by atoms with Gasteiger partial charge in [-0.3, -0.25) is 4.90 Å². The first-order valence-electron chi connectivity index (χ1n) is 7.58. The van der Waals surface area contributed by atoms with Gasteiger partial charge in [-0.1, -0.05) is 25.1 Å². The van der Waals surface area contributed by atoms with Gasteiger partial charge in [0.15, 0.2) is 0 Å². The molecule has 0 bridgehead atoms. The topological polar surface area (TPSA) is 34.2 Å². The van der Waals surface area contributed by atoms with Crippen LogP contribution in [-0.2, 0) is 13.6 Å². The van der Waals surface area contributed by atoms with Crippen LogP contribution in [0, 0.1) is 12.8 Å². The van der Waals surface area contributed by atoms with E-state index in [1.807, 2.05) is 0 Å². The fraction of sp³-hybridized carbons (Fsp3) is 0.529. The first-order valence-corrected chi connectivity index (χ1v) is 7.58. The molecule has 1 aromatic carbocycles. The van der Waals surface area contributed by atoms with E-state index in [9.17, 15) is 0 Å². The predicted octanol–water partition coefficient (Wildman–Crippen LogP) is 2.66. The monoisotopic (exact) mass is 271 g/mol. The van der Waals surface area contributed by atoms with Crippen LogP contribution >= 0.6 is 0 Å². The summed E-state index contributed by atoms with van der Waals surface area (Å²) in [6.45, 7) is 7.70. The van der Waals surface area contributed by atoms with E-state index in [4.69, 9.17) is 5.73 Å². The van der Waals surface area contributed by atoms with Crippen molar-refractivity contribution in [1.29, 1.82) is 0 Å². The molecule has 1 aliphatic rings. The zero-order chi connectivity index (χ0) is 14.3. The molecule has 20 heavy (non-hydrogen) atoms. The van der Waals surface area contributed by atoms with Gasteiger partial charge >= 0.3 is 0 Å². The molecule has 0 aliphatic carbocycles. The van der Waals surface area contributed by atoms with Crippen LogP contribution in [-0.4, -0.2) is 28.6 Å². The van der Waals surface area contributed by atoms with E-state index in [0.717, 1.165) is 19.6 Å². The second kappa shape index (κ2) is 5.23. The number of aromatic nitrogens is 1. The van der Waals surface area contributed by atoms with Gasteiger partial charge < -0.3 is 10.3 Å². The highest BCUT2D eigenvalue weighted by atomic mass is 15.2. The van der Waals surface area contributed by atoms with E-state index in [1.54, 1.807) is 0 Å². The van der Waals surface area contributed by atoms with Crippen LogP contribution < -0.4 is 5.73 Å². The molecule has 1 aliphatic heterocycles. The van der Waals surface area contributed by atoms with Crippen molar-refractivity contribution in [3.63, 3.8) is 0 Å². The van der Waals surface area contributed by atoms with Crippen molar-refractivity contribution in [1.82, 2.24) is 9.47 Å². The summed E-state index contributed by atoms with van der Waals surface area (Å²) in [5.74, 6) is 0.653. The SMILES string of the molecule is Cc1c(CN2CCC(C)C(N)C2)n(C)c2ccccc12. The van der Waals surface area contributed by atoms with Crippen LogP contribution in [0.25, 0.3) is 10.9 Å². The Morgan fingerprint density at radius 1 is 1.30 bits per heavy atom. The Bertz CT molecular complexity index is 575. The third kappa shape index (κ3) is 2.25. The Morgan fingerprint density at radius 3 is 2.75 bits per heavy atom. The molecule has 1 fully saturated rings. The molecule has 108 valence electrons. The summed E-state index contributed by atoms with van der Waals surface area (Å²) in [7, 11) is 2.18. The molecule has 0 radical (unpaired) electrons. The molecule has 0 amide bonds. The van der Waals surface area contributed by atoms with Gasteiger partial charge in [-0.2, -0.15) is 0 Å². The Morgan fingerprint density at radius 2 is 2.05 bits per heavy atom. The molecule has 2 unspecified atom stereocenters. The molecule has 3 nitrogen and oxygen atoms in total. The van der Waals surface area contributed by atoms with Crippen LogP contribution in [0.1, 0.15) is 24.6 Å². The fourth-order valence-electron chi connectivity index (χ4n) is 3.39. The molecule has 1 aromatic heterocycles. The van der Waals surface area contributed by atoms with Crippen LogP contribution in [0.3, 0.4) is 0 Å². The van der Waals surface area contributed by atoms with E-state index in [2.05, 4.69) is 54.6 Å². The third-order valence-corrected chi connectivity index (χ3v) is 4.98. The number of benzene rings is 1. The van der Waals surface area contributed by atoms with Crippen molar-refractivity contribution in [2.45, 2.75) is 32.9 Å². The summed E-state index contributed by atoms with van der Waals surface area (Å²) in [5, 5.41) is 1.37. The highest BCUT2D eigenvalue weighted by Gasteiger charge is 2.24. The lowest BCUT2D eigenvalue weighted by atomic mass is 9.94. The average Bonchev–Trinajstić information content (AvgIpc) is 2.69. The molecular weight excluding hydrogens is 246 g/mol. The van der Waals surface area contributed by atoms with Crippen LogP contribution in [0.15, 0.2) is 24.3 Å². The Balaban J connectivity index is 1.88. The number of nitrogens with zero attached hydrogens (tertiary/aromatic N) is 2. The van der Waals surface area contributed by atoms with E-state index < -0.39 is 0 Å². The number of hydrogen-bond donors (Lipinski definition) is 1. The summed E-state index contributed by atoms with van der Waals surface area (Å²) >= 11 is 0. The van der Waals surface area contributed by atoms with Gasteiger partial charge in [-0.25, -0.2) is 0 Å². The molecular formula is C17H25N3. The second-order valence-corrected chi connectivity index (χ2v) is 6.31. The van der Waals surface area contributed by atoms with Crippen molar-refractivity contribution in [3.05, 3.63) is 35.5 Å². The molecule has 2 heterocycles.